The smallest absolute Gasteiger partial charge is 0.348 e. The maximum Gasteiger partial charge on any atom is 0.348 e. The number of hydrogen-bond donors (Lipinski definition) is 2. The van der Waals surface area contributed by atoms with Gasteiger partial charge in [-0.15, -0.1) is 0 Å². The molecule has 1 heterocycles. The van der Waals surface area contributed by atoms with Crippen molar-refractivity contribution in [2.45, 2.75) is 137 Å². The molecule has 244 valence electrons. The molecule has 0 aromatic rings. The zero-order valence-corrected chi connectivity index (χ0v) is 27.5. The van der Waals surface area contributed by atoms with Gasteiger partial charge in [0.15, 0.2) is 0 Å². The summed E-state index contributed by atoms with van der Waals surface area (Å²) in [6.07, 6.45) is 5.73. The van der Waals surface area contributed by atoms with Gasteiger partial charge < -0.3 is 24.4 Å². The first kappa shape index (κ1) is 32.7. The number of fused-ring (bicyclic) bond motifs is 5. The molecule has 5 fully saturated rings. The van der Waals surface area contributed by atoms with Gasteiger partial charge in [-0.1, -0.05) is 48.5 Å². The van der Waals surface area contributed by atoms with Gasteiger partial charge in [0.2, 0.25) is 6.10 Å². The number of ether oxygens (including phenoxy) is 3. The molecule has 0 radical (unpaired) electrons. The van der Waals surface area contributed by atoms with Crippen molar-refractivity contribution >= 4 is 17.9 Å². The van der Waals surface area contributed by atoms with Crippen LogP contribution >= 0.6 is 0 Å². The third kappa shape index (κ3) is 5.66. The number of hydrogen-bond acceptors (Lipinski definition) is 8. The third-order valence-electron chi connectivity index (χ3n) is 13.4. The quantitative estimate of drug-likeness (QED) is 0.277. The van der Waals surface area contributed by atoms with Crippen LogP contribution in [0.3, 0.4) is 0 Å². The molecule has 13 atom stereocenters. The summed E-state index contributed by atoms with van der Waals surface area (Å²) in [5, 5.41) is 23.6. The van der Waals surface area contributed by atoms with Crippen LogP contribution in [0.2, 0.25) is 0 Å². The predicted octanol–water partition coefficient (Wildman–Crippen LogP) is 5.46. The molecule has 0 amide bonds. The highest BCUT2D eigenvalue weighted by atomic mass is 16.6. The summed E-state index contributed by atoms with van der Waals surface area (Å²) < 4.78 is 16.6. The van der Waals surface area contributed by atoms with Crippen molar-refractivity contribution in [2.75, 3.05) is 6.61 Å². The number of carbonyl (C=O) groups excluding carboxylic acids is 3. The van der Waals surface area contributed by atoms with Gasteiger partial charge >= 0.3 is 17.9 Å². The molecular weight excluding hydrogens is 548 g/mol. The molecule has 1 saturated heterocycles. The molecule has 2 N–H and O–H groups in total. The molecule has 0 aromatic carbocycles. The van der Waals surface area contributed by atoms with Crippen LogP contribution in [-0.2, 0) is 28.6 Å². The molecule has 0 bridgehead atoms. The highest BCUT2D eigenvalue weighted by Crippen LogP contribution is 2.68. The Kier molecular flexibility index (Phi) is 9.07. The van der Waals surface area contributed by atoms with Crippen molar-refractivity contribution in [3.8, 4) is 0 Å². The molecule has 0 aromatic heterocycles. The summed E-state index contributed by atoms with van der Waals surface area (Å²) in [6, 6.07) is 0. The van der Waals surface area contributed by atoms with E-state index in [4.69, 9.17) is 14.2 Å². The lowest BCUT2D eigenvalue weighted by molar-refractivity contribution is -0.210. The van der Waals surface area contributed by atoms with Crippen molar-refractivity contribution < 1.29 is 38.8 Å². The van der Waals surface area contributed by atoms with Crippen LogP contribution in [-0.4, -0.2) is 59.1 Å². The maximum atomic E-state index is 12.8. The number of aliphatic hydroxyl groups excluding tert-OH is 2. The second-order valence-corrected chi connectivity index (χ2v) is 16.2. The SMILES string of the molecule is CCC(C)C(=O)O[C@H]1CC[C@@]2(C)C(CC(O)C3C2C[C@H](O)[C@]2(C)C(C(C)CCC(=O)OC4C(=O)OCC4(C)C)CCC32)C1. The Bertz CT molecular complexity index is 1070. The normalized spacial score (nSPS) is 44.8. The average Bonchev–Trinajstić information content (AvgIpc) is 3.44. The third-order valence-corrected chi connectivity index (χ3v) is 13.4. The van der Waals surface area contributed by atoms with Crippen molar-refractivity contribution in [3.63, 3.8) is 0 Å². The number of cyclic esters (lactones) is 1. The van der Waals surface area contributed by atoms with Gasteiger partial charge in [0, 0.05) is 11.8 Å². The maximum absolute atomic E-state index is 12.8. The van der Waals surface area contributed by atoms with Crippen LogP contribution in [0.4, 0.5) is 0 Å². The topological polar surface area (TPSA) is 119 Å². The van der Waals surface area contributed by atoms with E-state index in [0.717, 1.165) is 44.9 Å². The van der Waals surface area contributed by atoms with Crippen molar-refractivity contribution in [3.05, 3.63) is 0 Å². The molecule has 4 saturated carbocycles. The van der Waals surface area contributed by atoms with Gasteiger partial charge in [0.05, 0.1) is 18.1 Å². The molecule has 5 aliphatic rings. The van der Waals surface area contributed by atoms with E-state index in [1.807, 2.05) is 27.7 Å². The van der Waals surface area contributed by atoms with E-state index in [-0.39, 0.29) is 83.3 Å². The number of carbonyl (C=O) groups is 3. The second kappa shape index (κ2) is 11.9. The second-order valence-electron chi connectivity index (χ2n) is 16.2. The van der Waals surface area contributed by atoms with Crippen LogP contribution in [0.5, 0.6) is 0 Å². The lowest BCUT2D eigenvalue weighted by Crippen LogP contribution is -2.62. The minimum atomic E-state index is -0.860. The number of aliphatic hydroxyl groups is 2. The van der Waals surface area contributed by atoms with Crippen LogP contribution in [0.1, 0.15) is 113 Å². The van der Waals surface area contributed by atoms with Gasteiger partial charge in [-0.25, -0.2) is 4.79 Å². The van der Waals surface area contributed by atoms with E-state index in [9.17, 15) is 24.6 Å². The van der Waals surface area contributed by atoms with Crippen LogP contribution < -0.4 is 0 Å². The minimum Gasteiger partial charge on any atom is -0.462 e. The molecule has 4 aliphatic carbocycles. The fourth-order valence-electron chi connectivity index (χ4n) is 10.3. The number of esters is 3. The van der Waals surface area contributed by atoms with Crippen LogP contribution in [0.15, 0.2) is 0 Å². The van der Waals surface area contributed by atoms with Crippen molar-refractivity contribution in [2.24, 2.45) is 57.7 Å². The van der Waals surface area contributed by atoms with Crippen molar-refractivity contribution in [1.29, 1.82) is 0 Å². The van der Waals surface area contributed by atoms with E-state index < -0.39 is 29.7 Å². The van der Waals surface area contributed by atoms with E-state index in [1.165, 1.54) is 0 Å². The highest BCUT2D eigenvalue weighted by Gasteiger charge is 2.66. The fraction of sp³-hybridized carbons (Fsp3) is 0.914. The van der Waals surface area contributed by atoms with Gasteiger partial charge in [0.1, 0.15) is 12.7 Å². The summed E-state index contributed by atoms with van der Waals surface area (Å²) in [6.45, 7) is 14.7. The van der Waals surface area contributed by atoms with Gasteiger partial charge in [-0.2, -0.15) is 0 Å². The van der Waals surface area contributed by atoms with E-state index >= 15 is 0 Å². The Balaban J connectivity index is 1.24. The Morgan fingerprint density at radius 3 is 2.37 bits per heavy atom. The molecule has 0 spiro atoms. The monoisotopic (exact) mass is 604 g/mol. The molecule has 43 heavy (non-hydrogen) atoms. The van der Waals surface area contributed by atoms with E-state index in [0.29, 0.717) is 12.8 Å². The molecule has 9 unspecified atom stereocenters. The summed E-state index contributed by atoms with van der Waals surface area (Å²) in [5.41, 5.74) is -0.843. The summed E-state index contributed by atoms with van der Waals surface area (Å²) >= 11 is 0. The van der Waals surface area contributed by atoms with Gasteiger partial charge in [0.25, 0.3) is 0 Å². The molecular formula is C35H56O8. The predicted molar refractivity (Wildman–Crippen MR) is 160 cm³/mol. The first-order chi connectivity index (χ1) is 20.1. The van der Waals surface area contributed by atoms with Gasteiger partial charge in [-0.3, -0.25) is 9.59 Å². The Hall–Kier alpha value is -1.67. The Morgan fingerprint density at radius 2 is 1.72 bits per heavy atom. The lowest BCUT2D eigenvalue weighted by Gasteiger charge is -2.63. The summed E-state index contributed by atoms with van der Waals surface area (Å²) in [5.74, 6) is 0.252. The van der Waals surface area contributed by atoms with Gasteiger partial charge in [-0.05, 0) is 104 Å². The van der Waals surface area contributed by atoms with E-state index in [2.05, 4.69) is 20.8 Å². The van der Waals surface area contributed by atoms with Crippen LogP contribution in [0, 0.1) is 57.7 Å². The lowest BCUT2D eigenvalue weighted by atomic mass is 9.43. The Labute approximate surface area is 258 Å². The zero-order valence-electron chi connectivity index (χ0n) is 27.5. The highest BCUT2D eigenvalue weighted by molar-refractivity contribution is 5.81. The summed E-state index contributed by atoms with van der Waals surface area (Å²) in [4.78, 5) is 37.4. The molecule has 8 nitrogen and oxygen atoms in total. The minimum absolute atomic E-state index is 0.00805. The van der Waals surface area contributed by atoms with Crippen LogP contribution in [0.25, 0.3) is 0 Å². The average molecular weight is 605 g/mol. The zero-order chi connectivity index (χ0) is 31.5. The molecule has 5 rings (SSSR count). The molecule has 1 aliphatic heterocycles. The standard InChI is InChI=1S/C35H56O8/c1-8-19(2)31(39)42-22-13-14-34(6)21(15-22)16-26(36)29-24-11-10-23(35(24,7)27(37)17-25(29)34)20(3)9-12-28(38)43-30-32(40)41-18-33(30,4)5/h19-27,29-30,36-37H,8-18H2,1-7H3/t19?,20?,21?,22-,23?,24?,25?,26?,27-,29?,30?,34-,35+/m0/s1. The fourth-order valence-corrected chi connectivity index (χ4v) is 10.3. The Morgan fingerprint density at radius 1 is 1.00 bits per heavy atom. The summed E-state index contributed by atoms with van der Waals surface area (Å²) in [7, 11) is 0. The largest absolute Gasteiger partial charge is 0.462 e. The van der Waals surface area contributed by atoms with Crippen molar-refractivity contribution in [1.82, 2.24) is 0 Å². The first-order valence-electron chi connectivity index (χ1n) is 17.1. The molecule has 8 heteroatoms. The first-order valence-corrected chi connectivity index (χ1v) is 17.1. The van der Waals surface area contributed by atoms with E-state index in [1.54, 1.807) is 0 Å². The number of rotatable bonds is 8.